The number of carboxylic acids is 1. The minimum Gasteiger partial charge on any atom is -0.481 e. The van der Waals surface area contributed by atoms with Crippen LogP contribution in [0.5, 0.6) is 0 Å². The van der Waals surface area contributed by atoms with Crippen molar-refractivity contribution in [2.75, 3.05) is 0 Å². The van der Waals surface area contributed by atoms with Crippen LogP contribution >= 0.6 is 23.2 Å². The quantitative estimate of drug-likeness (QED) is 0.848. The summed E-state index contributed by atoms with van der Waals surface area (Å²) in [7, 11) is 0. The van der Waals surface area contributed by atoms with Crippen molar-refractivity contribution in [1.29, 1.82) is 0 Å². The predicted molar refractivity (Wildman–Crippen MR) is 55.0 cm³/mol. The molecule has 0 aromatic heterocycles. The van der Waals surface area contributed by atoms with Gasteiger partial charge in [-0.3, -0.25) is 4.79 Å². The molecule has 1 N–H and O–H groups in total. The molecule has 1 aromatic rings. The van der Waals surface area contributed by atoms with Gasteiger partial charge in [0.05, 0.1) is 5.41 Å². The van der Waals surface area contributed by atoms with E-state index in [0.29, 0.717) is 28.5 Å². The maximum Gasteiger partial charge on any atom is 0.314 e. The van der Waals surface area contributed by atoms with Crippen molar-refractivity contribution in [3.63, 3.8) is 0 Å². The molecule has 14 heavy (non-hydrogen) atoms. The van der Waals surface area contributed by atoms with E-state index >= 15 is 0 Å². The molecule has 1 aliphatic rings. The first kappa shape index (κ1) is 9.81. The Bertz CT molecular complexity index is 377. The Kier molecular flexibility index (Phi) is 2.20. The SMILES string of the molecule is O=C(O)C1(c2cc(Cl)cc(Cl)c2)CC1. The highest BCUT2D eigenvalue weighted by Gasteiger charge is 2.51. The molecular formula is C10H8Cl2O2. The van der Waals surface area contributed by atoms with E-state index in [0.717, 1.165) is 0 Å². The molecule has 0 aliphatic heterocycles. The van der Waals surface area contributed by atoms with Gasteiger partial charge < -0.3 is 5.11 Å². The summed E-state index contributed by atoms with van der Waals surface area (Å²) in [6, 6.07) is 4.95. The molecule has 0 saturated heterocycles. The van der Waals surface area contributed by atoms with Crippen LogP contribution < -0.4 is 0 Å². The lowest BCUT2D eigenvalue weighted by atomic mass is 9.96. The summed E-state index contributed by atoms with van der Waals surface area (Å²) >= 11 is 11.6. The van der Waals surface area contributed by atoms with Gasteiger partial charge in [-0.15, -0.1) is 0 Å². The minimum absolute atomic E-state index is 0.486. The fourth-order valence-electron chi connectivity index (χ4n) is 1.58. The second-order valence-corrected chi connectivity index (χ2v) is 4.42. The molecule has 0 bridgehead atoms. The lowest BCUT2D eigenvalue weighted by Gasteiger charge is -2.10. The van der Waals surface area contributed by atoms with E-state index in [1.165, 1.54) is 0 Å². The van der Waals surface area contributed by atoms with Crippen molar-refractivity contribution < 1.29 is 9.90 Å². The van der Waals surface area contributed by atoms with Crippen LogP contribution in [0.4, 0.5) is 0 Å². The zero-order chi connectivity index (χ0) is 10.3. The predicted octanol–water partition coefficient (Wildman–Crippen LogP) is 3.11. The number of aliphatic carboxylic acids is 1. The largest absolute Gasteiger partial charge is 0.481 e. The van der Waals surface area contributed by atoms with Crippen LogP contribution in [0.3, 0.4) is 0 Å². The van der Waals surface area contributed by atoms with Gasteiger partial charge in [0.25, 0.3) is 0 Å². The van der Waals surface area contributed by atoms with Crippen LogP contribution in [-0.2, 0) is 10.2 Å². The zero-order valence-corrected chi connectivity index (χ0v) is 8.77. The molecule has 4 heteroatoms. The lowest BCUT2D eigenvalue weighted by Crippen LogP contribution is -2.19. The van der Waals surface area contributed by atoms with Gasteiger partial charge in [0.15, 0.2) is 0 Å². The first-order valence-electron chi connectivity index (χ1n) is 4.24. The van der Waals surface area contributed by atoms with Gasteiger partial charge in [0.2, 0.25) is 0 Å². The molecule has 1 aromatic carbocycles. The van der Waals surface area contributed by atoms with Gasteiger partial charge in [-0.05, 0) is 36.6 Å². The summed E-state index contributed by atoms with van der Waals surface area (Å²) < 4.78 is 0. The van der Waals surface area contributed by atoms with E-state index in [2.05, 4.69) is 0 Å². The molecule has 0 heterocycles. The Morgan fingerprint density at radius 2 is 1.71 bits per heavy atom. The molecule has 1 aliphatic carbocycles. The summed E-state index contributed by atoms with van der Waals surface area (Å²) in [5.41, 5.74) is -0.0170. The molecule has 2 rings (SSSR count). The molecule has 0 spiro atoms. The summed E-state index contributed by atoms with van der Waals surface area (Å²) in [5.74, 6) is -0.796. The molecule has 0 atom stereocenters. The van der Waals surface area contributed by atoms with E-state index in [1.807, 2.05) is 0 Å². The molecule has 1 fully saturated rings. The van der Waals surface area contributed by atoms with Gasteiger partial charge in [-0.25, -0.2) is 0 Å². The van der Waals surface area contributed by atoms with Crippen molar-refractivity contribution in [3.05, 3.63) is 33.8 Å². The fourth-order valence-corrected chi connectivity index (χ4v) is 2.11. The maximum absolute atomic E-state index is 11.0. The van der Waals surface area contributed by atoms with E-state index in [4.69, 9.17) is 28.3 Å². The monoisotopic (exact) mass is 230 g/mol. The zero-order valence-electron chi connectivity index (χ0n) is 7.26. The summed E-state index contributed by atoms with van der Waals surface area (Å²) in [5, 5.41) is 10.0. The topological polar surface area (TPSA) is 37.3 Å². The number of carbonyl (C=O) groups is 1. The van der Waals surface area contributed by atoms with Gasteiger partial charge in [0.1, 0.15) is 0 Å². The maximum atomic E-state index is 11.0. The van der Waals surface area contributed by atoms with E-state index < -0.39 is 11.4 Å². The Labute approximate surface area is 91.4 Å². The molecule has 0 unspecified atom stereocenters. The highest BCUT2D eigenvalue weighted by Crippen LogP contribution is 2.49. The highest BCUT2D eigenvalue weighted by atomic mass is 35.5. The van der Waals surface area contributed by atoms with Crippen molar-refractivity contribution >= 4 is 29.2 Å². The van der Waals surface area contributed by atoms with Crippen LogP contribution in [-0.4, -0.2) is 11.1 Å². The van der Waals surface area contributed by atoms with Crippen molar-refractivity contribution in [3.8, 4) is 0 Å². The van der Waals surface area contributed by atoms with Gasteiger partial charge in [-0.2, -0.15) is 0 Å². The average molecular weight is 231 g/mol. The number of rotatable bonds is 2. The second-order valence-electron chi connectivity index (χ2n) is 3.55. The van der Waals surface area contributed by atoms with Crippen LogP contribution in [0.1, 0.15) is 18.4 Å². The normalized spacial score (nSPS) is 17.9. The van der Waals surface area contributed by atoms with Gasteiger partial charge in [-0.1, -0.05) is 23.2 Å². The smallest absolute Gasteiger partial charge is 0.314 e. The van der Waals surface area contributed by atoms with Crippen molar-refractivity contribution in [1.82, 2.24) is 0 Å². The third-order valence-electron chi connectivity index (χ3n) is 2.57. The molecule has 1 saturated carbocycles. The van der Waals surface area contributed by atoms with Crippen molar-refractivity contribution in [2.45, 2.75) is 18.3 Å². The van der Waals surface area contributed by atoms with E-state index in [9.17, 15) is 4.79 Å². The third-order valence-corrected chi connectivity index (χ3v) is 3.01. The van der Waals surface area contributed by atoms with Crippen LogP contribution in [0.15, 0.2) is 18.2 Å². The summed E-state index contributed by atoms with van der Waals surface area (Å²) in [6.45, 7) is 0. The first-order valence-corrected chi connectivity index (χ1v) is 5.00. The van der Waals surface area contributed by atoms with Gasteiger partial charge >= 0.3 is 5.97 Å². The van der Waals surface area contributed by atoms with Crippen LogP contribution in [0.2, 0.25) is 10.0 Å². The van der Waals surface area contributed by atoms with Gasteiger partial charge in [0, 0.05) is 10.0 Å². The summed E-state index contributed by atoms with van der Waals surface area (Å²) in [4.78, 5) is 11.0. The van der Waals surface area contributed by atoms with Crippen LogP contribution in [0.25, 0.3) is 0 Å². The Hall–Kier alpha value is -0.730. The highest BCUT2D eigenvalue weighted by molar-refractivity contribution is 6.34. The molecule has 2 nitrogen and oxygen atoms in total. The third kappa shape index (κ3) is 1.49. The Balaban J connectivity index is 2.47. The molecular weight excluding hydrogens is 223 g/mol. The van der Waals surface area contributed by atoms with Crippen LogP contribution in [0, 0.1) is 0 Å². The minimum atomic E-state index is -0.796. The molecule has 0 amide bonds. The fraction of sp³-hybridized carbons (Fsp3) is 0.300. The summed E-state index contributed by atoms with van der Waals surface area (Å²) in [6.07, 6.45) is 1.33. The first-order chi connectivity index (χ1) is 6.54. The number of halogens is 2. The number of hydrogen-bond donors (Lipinski definition) is 1. The number of benzene rings is 1. The lowest BCUT2D eigenvalue weighted by molar-refractivity contribution is -0.140. The molecule has 74 valence electrons. The van der Waals surface area contributed by atoms with Crippen molar-refractivity contribution in [2.24, 2.45) is 0 Å². The average Bonchev–Trinajstić information content (AvgIpc) is 2.81. The Morgan fingerprint density at radius 3 is 2.07 bits per heavy atom. The standard InChI is InChI=1S/C10H8Cl2O2/c11-7-3-6(4-8(12)5-7)10(1-2-10)9(13)14/h3-5H,1-2H2,(H,13,14). The number of hydrogen-bond acceptors (Lipinski definition) is 1. The number of carboxylic acid groups (broad SMARTS) is 1. The van der Waals surface area contributed by atoms with E-state index in [-0.39, 0.29) is 0 Å². The molecule has 0 radical (unpaired) electrons. The Morgan fingerprint density at radius 1 is 1.21 bits per heavy atom. The van der Waals surface area contributed by atoms with E-state index in [1.54, 1.807) is 18.2 Å². The second kappa shape index (κ2) is 3.14.